The van der Waals surface area contributed by atoms with Crippen molar-refractivity contribution in [3.8, 4) is 0 Å². The van der Waals surface area contributed by atoms with Gasteiger partial charge in [0.2, 0.25) is 0 Å². The Labute approximate surface area is 144 Å². The van der Waals surface area contributed by atoms with E-state index in [1.54, 1.807) is 0 Å². The van der Waals surface area contributed by atoms with Gasteiger partial charge in [0.25, 0.3) is 0 Å². The molecule has 134 valence electrons. The maximum Gasteiger partial charge on any atom is 0.182 e. The van der Waals surface area contributed by atoms with Gasteiger partial charge in [-0.3, -0.25) is 29.6 Å². The van der Waals surface area contributed by atoms with Crippen LogP contribution in [0.4, 0.5) is 0 Å². The summed E-state index contributed by atoms with van der Waals surface area (Å²) >= 11 is 0. The van der Waals surface area contributed by atoms with Crippen LogP contribution >= 0.6 is 0 Å². The third-order valence-corrected chi connectivity index (χ3v) is 3.66. The molecule has 0 bridgehead atoms. The summed E-state index contributed by atoms with van der Waals surface area (Å²) in [5, 5.41) is 9.15. The van der Waals surface area contributed by atoms with Gasteiger partial charge in [0.1, 0.15) is 17.1 Å². The summed E-state index contributed by atoms with van der Waals surface area (Å²) in [5.41, 5.74) is 6.16. The van der Waals surface area contributed by atoms with Crippen LogP contribution in [0.1, 0.15) is 55.1 Å². The number of nitrogens with one attached hydrogen (secondary N) is 2. The Morgan fingerprint density at radius 3 is 2.12 bits per heavy atom. The highest BCUT2D eigenvalue weighted by Crippen LogP contribution is 2.15. The minimum absolute atomic E-state index is 0.0525. The zero-order valence-electron chi connectivity index (χ0n) is 14.5. The second-order valence-electron chi connectivity index (χ2n) is 5.70. The molecule has 0 atom stereocenters. The minimum atomic E-state index is -0.324. The largest absolute Gasteiger partial charge is 0.298 e. The van der Waals surface area contributed by atoms with Crippen molar-refractivity contribution < 1.29 is 19.2 Å². The second-order valence-corrected chi connectivity index (χ2v) is 5.70. The zero-order valence-corrected chi connectivity index (χ0v) is 14.5. The molecule has 0 saturated carbocycles. The highest BCUT2D eigenvalue weighted by molar-refractivity contribution is 6.05. The van der Waals surface area contributed by atoms with Gasteiger partial charge in [-0.2, -0.15) is 0 Å². The van der Waals surface area contributed by atoms with Gasteiger partial charge in [0, 0.05) is 40.8 Å². The van der Waals surface area contributed by atoms with Crippen LogP contribution in [0.25, 0.3) is 0 Å². The lowest BCUT2D eigenvalue weighted by Crippen LogP contribution is -2.40. The molecule has 10 nitrogen and oxygen atoms in total. The number of aryl methyl sites for hydroxylation is 1. The van der Waals surface area contributed by atoms with E-state index >= 15 is 0 Å². The minimum Gasteiger partial charge on any atom is -0.298 e. The standard InChI is InChI=1S/C15H20N6O4/c1-8(22)12-14(10(3)24)20(18-16-12)6-5-7-21-15(11(4)25)13(9(2)23)17-19-21/h16,18H,5-7H2,1-4H3. The van der Waals surface area contributed by atoms with Gasteiger partial charge in [-0.1, -0.05) is 5.21 Å². The molecule has 0 aromatic carbocycles. The van der Waals surface area contributed by atoms with Crippen molar-refractivity contribution in [1.82, 2.24) is 31.0 Å². The fraction of sp³-hybridized carbons (Fsp3) is 0.467. The summed E-state index contributed by atoms with van der Waals surface area (Å²) in [6.07, 6.45) is 0.498. The fourth-order valence-corrected chi connectivity index (χ4v) is 2.60. The number of aromatic nitrogens is 3. The van der Waals surface area contributed by atoms with Crippen LogP contribution in [0.15, 0.2) is 11.4 Å². The lowest BCUT2D eigenvalue weighted by Gasteiger charge is -2.19. The number of nitrogens with zero attached hydrogens (tertiary/aromatic N) is 4. The van der Waals surface area contributed by atoms with Crippen LogP contribution in [-0.4, -0.2) is 49.7 Å². The van der Waals surface area contributed by atoms with Crippen molar-refractivity contribution >= 4 is 23.1 Å². The lowest BCUT2D eigenvalue weighted by atomic mass is 10.2. The van der Waals surface area contributed by atoms with Gasteiger partial charge >= 0.3 is 0 Å². The summed E-state index contributed by atoms with van der Waals surface area (Å²) in [6, 6.07) is 0. The Balaban J connectivity index is 2.09. The summed E-state index contributed by atoms with van der Waals surface area (Å²) in [6.45, 7) is 6.13. The number of carbonyl (C=O) groups is 4. The Kier molecular flexibility index (Phi) is 5.42. The van der Waals surface area contributed by atoms with E-state index in [9.17, 15) is 19.2 Å². The Hall–Kier alpha value is -2.88. The van der Waals surface area contributed by atoms with Gasteiger partial charge in [0.05, 0.1) is 0 Å². The van der Waals surface area contributed by atoms with Gasteiger partial charge in [-0.25, -0.2) is 4.68 Å². The molecule has 10 heteroatoms. The van der Waals surface area contributed by atoms with E-state index in [2.05, 4.69) is 21.3 Å². The monoisotopic (exact) mass is 348 g/mol. The number of rotatable bonds is 8. The molecule has 0 amide bonds. The molecular weight excluding hydrogens is 328 g/mol. The third kappa shape index (κ3) is 3.79. The quantitative estimate of drug-likeness (QED) is 0.613. The van der Waals surface area contributed by atoms with Gasteiger partial charge in [0.15, 0.2) is 28.8 Å². The summed E-state index contributed by atoms with van der Waals surface area (Å²) in [7, 11) is 0. The summed E-state index contributed by atoms with van der Waals surface area (Å²) < 4.78 is 1.38. The van der Waals surface area contributed by atoms with E-state index < -0.39 is 0 Å². The number of hydrogen-bond donors (Lipinski definition) is 2. The first-order valence-corrected chi connectivity index (χ1v) is 7.74. The fourth-order valence-electron chi connectivity index (χ4n) is 2.60. The molecule has 0 spiro atoms. The Morgan fingerprint density at radius 1 is 0.920 bits per heavy atom. The topological polar surface area (TPSA) is 126 Å². The first-order chi connectivity index (χ1) is 11.7. The molecule has 1 aliphatic rings. The normalized spacial score (nSPS) is 13.8. The number of allylic oxidation sites excluding steroid dienone is 2. The molecule has 1 aliphatic heterocycles. The van der Waals surface area contributed by atoms with Crippen molar-refractivity contribution in [2.45, 2.75) is 40.7 Å². The maximum atomic E-state index is 11.8. The molecule has 1 aromatic rings. The number of carbonyl (C=O) groups excluding carboxylic acids is 4. The summed E-state index contributed by atoms with van der Waals surface area (Å²) in [4.78, 5) is 46.6. The van der Waals surface area contributed by atoms with Crippen LogP contribution in [0.2, 0.25) is 0 Å². The predicted octanol–water partition coefficient (Wildman–Crippen LogP) is -0.212. The molecule has 0 aliphatic carbocycles. The van der Waals surface area contributed by atoms with E-state index in [1.807, 2.05) is 0 Å². The van der Waals surface area contributed by atoms with Crippen LogP contribution in [0.5, 0.6) is 0 Å². The van der Waals surface area contributed by atoms with Crippen LogP contribution < -0.4 is 11.0 Å². The summed E-state index contributed by atoms with van der Waals surface area (Å²) in [5.74, 6) is -1.11. The number of ketones is 4. The smallest absolute Gasteiger partial charge is 0.182 e. The molecule has 25 heavy (non-hydrogen) atoms. The molecule has 0 unspecified atom stereocenters. The van der Waals surface area contributed by atoms with Crippen LogP contribution in [0.3, 0.4) is 0 Å². The molecule has 0 saturated heterocycles. The Bertz CT molecular complexity index is 779. The van der Waals surface area contributed by atoms with E-state index in [0.717, 1.165) is 0 Å². The predicted molar refractivity (Wildman–Crippen MR) is 86.0 cm³/mol. The second kappa shape index (κ2) is 7.34. The number of Topliss-reactive ketones (excluding diaryl/α,β-unsaturated/α-hetero) is 4. The van der Waals surface area contributed by atoms with Crippen molar-refractivity contribution in [3.05, 3.63) is 22.8 Å². The zero-order chi connectivity index (χ0) is 18.7. The van der Waals surface area contributed by atoms with Crippen LogP contribution in [0, 0.1) is 0 Å². The third-order valence-electron chi connectivity index (χ3n) is 3.66. The van der Waals surface area contributed by atoms with Gasteiger partial charge in [-0.05, 0) is 6.42 Å². The first kappa shape index (κ1) is 18.5. The average Bonchev–Trinajstić information content (AvgIpc) is 3.11. The lowest BCUT2D eigenvalue weighted by molar-refractivity contribution is -0.117. The molecule has 2 rings (SSSR count). The molecule has 0 radical (unpaired) electrons. The molecule has 0 fully saturated rings. The van der Waals surface area contributed by atoms with Crippen molar-refractivity contribution in [2.24, 2.45) is 0 Å². The van der Waals surface area contributed by atoms with Crippen LogP contribution in [-0.2, 0) is 16.1 Å². The SMILES string of the molecule is CC(=O)C1=C(C(C)=O)N(CCCn2nnc(C(C)=O)c2C(C)=O)NN1. The van der Waals surface area contributed by atoms with Gasteiger partial charge in [-0.15, -0.1) is 10.6 Å². The van der Waals surface area contributed by atoms with Crippen molar-refractivity contribution in [3.63, 3.8) is 0 Å². The van der Waals surface area contributed by atoms with Gasteiger partial charge < -0.3 is 0 Å². The molecular formula is C15H20N6O4. The molecule has 2 N–H and O–H groups in total. The Morgan fingerprint density at radius 2 is 1.60 bits per heavy atom. The van der Waals surface area contributed by atoms with E-state index in [0.29, 0.717) is 19.5 Å². The first-order valence-electron chi connectivity index (χ1n) is 7.74. The average molecular weight is 348 g/mol. The van der Waals surface area contributed by atoms with E-state index in [-0.39, 0.29) is 45.9 Å². The number of hydrazine groups is 2. The van der Waals surface area contributed by atoms with E-state index in [4.69, 9.17) is 0 Å². The highest BCUT2D eigenvalue weighted by atomic mass is 16.1. The number of hydrogen-bond acceptors (Lipinski definition) is 9. The van der Waals surface area contributed by atoms with Crippen molar-refractivity contribution in [2.75, 3.05) is 6.54 Å². The highest BCUT2D eigenvalue weighted by Gasteiger charge is 2.28. The molecule has 2 heterocycles. The van der Waals surface area contributed by atoms with Crippen molar-refractivity contribution in [1.29, 1.82) is 0 Å². The maximum absolute atomic E-state index is 11.8. The molecule has 1 aromatic heterocycles. The van der Waals surface area contributed by atoms with E-state index in [1.165, 1.54) is 37.4 Å².